The minimum Gasteiger partial charge on any atom is -0.497 e. The minimum absolute atomic E-state index is 0.0223. The number of rotatable bonds is 8. The zero-order valence-corrected chi connectivity index (χ0v) is 17.9. The van der Waals surface area contributed by atoms with Gasteiger partial charge in [-0.05, 0) is 23.6 Å². The minimum atomic E-state index is -0.601. The molecule has 0 unspecified atom stereocenters. The first kappa shape index (κ1) is 21.4. The van der Waals surface area contributed by atoms with Gasteiger partial charge in [0, 0.05) is 11.6 Å². The Morgan fingerprint density at radius 3 is 2.38 bits per heavy atom. The Hall–Kier alpha value is -3.80. The van der Waals surface area contributed by atoms with Crippen molar-refractivity contribution >= 4 is 12.0 Å². The molecule has 0 bridgehead atoms. The van der Waals surface area contributed by atoms with Crippen LogP contribution in [0.15, 0.2) is 78.9 Å². The molecule has 0 radical (unpaired) electrons. The van der Waals surface area contributed by atoms with E-state index in [-0.39, 0.29) is 25.0 Å². The fourth-order valence-corrected chi connectivity index (χ4v) is 3.73. The molecule has 1 saturated heterocycles. The third kappa shape index (κ3) is 5.09. The fourth-order valence-electron chi connectivity index (χ4n) is 3.73. The molecule has 3 aromatic rings. The molecule has 1 atom stereocenters. The van der Waals surface area contributed by atoms with Crippen LogP contribution in [0, 0.1) is 0 Å². The van der Waals surface area contributed by atoms with Gasteiger partial charge in [-0.25, -0.2) is 9.69 Å². The normalized spacial score (nSPS) is 15.3. The van der Waals surface area contributed by atoms with Gasteiger partial charge in [0.1, 0.15) is 24.7 Å². The smallest absolute Gasteiger partial charge is 0.416 e. The SMILES string of the molecule is COc1ccc(CC(=O)N2C(=O)OC[C@H]2Cc2ccccc2)c(OCc2ccccc2)c1. The monoisotopic (exact) mass is 431 g/mol. The Morgan fingerprint density at radius 1 is 1.00 bits per heavy atom. The van der Waals surface area contributed by atoms with Crippen LogP contribution in [-0.4, -0.2) is 36.7 Å². The molecule has 0 spiro atoms. The maximum atomic E-state index is 13.1. The highest BCUT2D eigenvalue weighted by atomic mass is 16.6. The first-order chi connectivity index (χ1) is 15.6. The zero-order valence-electron chi connectivity index (χ0n) is 17.9. The predicted molar refractivity (Wildman–Crippen MR) is 120 cm³/mol. The van der Waals surface area contributed by atoms with E-state index in [1.54, 1.807) is 25.3 Å². The molecular weight excluding hydrogens is 406 g/mol. The van der Waals surface area contributed by atoms with Gasteiger partial charge in [0.25, 0.3) is 0 Å². The average molecular weight is 431 g/mol. The molecule has 1 fully saturated rings. The fraction of sp³-hybridized carbons (Fsp3) is 0.231. The van der Waals surface area contributed by atoms with Crippen LogP contribution in [0.3, 0.4) is 0 Å². The van der Waals surface area contributed by atoms with Gasteiger partial charge in [-0.15, -0.1) is 0 Å². The number of carbonyl (C=O) groups is 2. The summed E-state index contributed by atoms with van der Waals surface area (Å²) in [5.41, 5.74) is 2.74. The Labute approximate surface area is 187 Å². The van der Waals surface area contributed by atoms with Crippen LogP contribution in [0.5, 0.6) is 11.5 Å². The summed E-state index contributed by atoms with van der Waals surface area (Å²) in [6.45, 7) is 0.553. The second-order valence-electron chi connectivity index (χ2n) is 7.61. The molecular formula is C26H25NO5. The molecule has 164 valence electrons. The molecule has 1 aliphatic heterocycles. The van der Waals surface area contributed by atoms with Gasteiger partial charge >= 0.3 is 6.09 Å². The van der Waals surface area contributed by atoms with Crippen molar-refractivity contribution in [3.63, 3.8) is 0 Å². The van der Waals surface area contributed by atoms with E-state index in [9.17, 15) is 9.59 Å². The number of methoxy groups -OCH3 is 1. The Bertz CT molecular complexity index is 1070. The molecule has 2 amide bonds. The Balaban J connectivity index is 1.50. The number of cyclic esters (lactones) is 1. The molecule has 0 aliphatic carbocycles. The van der Waals surface area contributed by atoms with E-state index in [0.717, 1.165) is 11.1 Å². The number of ether oxygens (including phenoxy) is 3. The summed E-state index contributed by atoms with van der Waals surface area (Å²) in [6, 6.07) is 24.5. The number of hydrogen-bond donors (Lipinski definition) is 0. The van der Waals surface area contributed by atoms with E-state index in [2.05, 4.69) is 0 Å². The van der Waals surface area contributed by atoms with Gasteiger partial charge in [-0.3, -0.25) is 4.79 Å². The van der Waals surface area contributed by atoms with Crippen LogP contribution in [0.4, 0.5) is 4.79 Å². The molecule has 1 aliphatic rings. The van der Waals surface area contributed by atoms with Crippen molar-refractivity contribution in [1.29, 1.82) is 0 Å². The van der Waals surface area contributed by atoms with E-state index >= 15 is 0 Å². The van der Waals surface area contributed by atoms with Crippen molar-refractivity contribution in [3.8, 4) is 11.5 Å². The van der Waals surface area contributed by atoms with Crippen molar-refractivity contribution in [2.24, 2.45) is 0 Å². The molecule has 3 aromatic carbocycles. The maximum Gasteiger partial charge on any atom is 0.416 e. The second-order valence-corrected chi connectivity index (χ2v) is 7.61. The van der Waals surface area contributed by atoms with Crippen LogP contribution < -0.4 is 9.47 Å². The quantitative estimate of drug-likeness (QED) is 0.529. The predicted octanol–water partition coefficient (Wildman–Crippen LogP) is 4.41. The molecule has 0 saturated carbocycles. The lowest BCUT2D eigenvalue weighted by molar-refractivity contribution is -0.128. The topological polar surface area (TPSA) is 65.1 Å². The summed E-state index contributed by atoms with van der Waals surface area (Å²) in [6.07, 6.45) is -0.0245. The zero-order chi connectivity index (χ0) is 22.3. The van der Waals surface area contributed by atoms with E-state index in [1.165, 1.54) is 4.90 Å². The molecule has 32 heavy (non-hydrogen) atoms. The number of benzene rings is 3. The number of hydrogen-bond acceptors (Lipinski definition) is 5. The highest BCUT2D eigenvalue weighted by molar-refractivity contribution is 5.94. The van der Waals surface area contributed by atoms with Crippen molar-refractivity contribution < 1.29 is 23.8 Å². The number of imide groups is 1. The van der Waals surface area contributed by atoms with Crippen LogP contribution in [0.2, 0.25) is 0 Å². The molecule has 4 rings (SSSR count). The van der Waals surface area contributed by atoms with Crippen molar-refractivity contribution in [2.75, 3.05) is 13.7 Å². The molecule has 6 heteroatoms. The summed E-state index contributed by atoms with van der Waals surface area (Å²) in [5, 5.41) is 0. The van der Waals surface area contributed by atoms with E-state index < -0.39 is 6.09 Å². The van der Waals surface area contributed by atoms with E-state index in [4.69, 9.17) is 14.2 Å². The lowest BCUT2D eigenvalue weighted by Gasteiger charge is -2.20. The highest BCUT2D eigenvalue weighted by Gasteiger charge is 2.38. The third-order valence-corrected chi connectivity index (χ3v) is 5.40. The molecule has 6 nitrogen and oxygen atoms in total. The lowest BCUT2D eigenvalue weighted by Crippen LogP contribution is -2.41. The number of carbonyl (C=O) groups excluding carboxylic acids is 2. The van der Waals surface area contributed by atoms with Crippen LogP contribution in [-0.2, 0) is 29.0 Å². The van der Waals surface area contributed by atoms with Gasteiger partial charge in [0.2, 0.25) is 5.91 Å². The number of amides is 2. The first-order valence-electron chi connectivity index (χ1n) is 10.5. The largest absolute Gasteiger partial charge is 0.497 e. The van der Waals surface area contributed by atoms with Crippen molar-refractivity contribution in [1.82, 2.24) is 4.90 Å². The van der Waals surface area contributed by atoms with Crippen LogP contribution >= 0.6 is 0 Å². The van der Waals surface area contributed by atoms with E-state index in [0.29, 0.717) is 30.1 Å². The Morgan fingerprint density at radius 2 is 1.69 bits per heavy atom. The van der Waals surface area contributed by atoms with Gasteiger partial charge in [-0.1, -0.05) is 66.7 Å². The molecule has 0 aromatic heterocycles. The van der Waals surface area contributed by atoms with Crippen molar-refractivity contribution in [2.45, 2.75) is 25.5 Å². The molecule has 1 heterocycles. The van der Waals surface area contributed by atoms with Gasteiger partial charge in [0.15, 0.2) is 0 Å². The van der Waals surface area contributed by atoms with Gasteiger partial charge in [0.05, 0.1) is 19.6 Å². The second kappa shape index (κ2) is 10.0. The Kier molecular flexibility index (Phi) is 6.70. The maximum absolute atomic E-state index is 13.1. The van der Waals surface area contributed by atoms with Gasteiger partial charge in [-0.2, -0.15) is 0 Å². The summed E-state index contributed by atoms with van der Waals surface area (Å²) in [5.74, 6) is 0.865. The number of nitrogens with zero attached hydrogens (tertiary/aromatic N) is 1. The van der Waals surface area contributed by atoms with Gasteiger partial charge < -0.3 is 14.2 Å². The third-order valence-electron chi connectivity index (χ3n) is 5.40. The van der Waals surface area contributed by atoms with Crippen LogP contribution in [0.1, 0.15) is 16.7 Å². The summed E-state index contributed by atoms with van der Waals surface area (Å²) in [4.78, 5) is 26.7. The van der Waals surface area contributed by atoms with Crippen LogP contribution in [0.25, 0.3) is 0 Å². The highest BCUT2D eigenvalue weighted by Crippen LogP contribution is 2.28. The summed E-state index contributed by atoms with van der Waals surface area (Å²) >= 11 is 0. The standard InChI is InChI=1S/C26H25NO5/c1-30-23-13-12-21(24(16-23)31-17-20-10-6-3-7-11-20)15-25(28)27-22(18-32-26(27)29)14-19-8-4-2-5-9-19/h2-13,16,22H,14-15,17-18H2,1H3/t22-/m1/s1. The summed E-state index contributed by atoms with van der Waals surface area (Å²) < 4.78 is 16.5. The molecule has 0 N–H and O–H groups in total. The lowest BCUT2D eigenvalue weighted by atomic mass is 10.0. The average Bonchev–Trinajstić information content (AvgIpc) is 3.19. The first-order valence-corrected chi connectivity index (χ1v) is 10.5. The van der Waals surface area contributed by atoms with E-state index in [1.807, 2.05) is 60.7 Å². The summed E-state index contributed by atoms with van der Waals surface area (Å²) in [7, 11) is 1.58. The van der Waals surface area contributed by atoms with Crippen molar-refractivity contribution in [3.05, 3.63) is 95.6 Å².